The molecule has 0 aliphatic heterocycles. The highest BCUT2D eigenvalue weighted by atomic mass is 32.1. The fraction of sp³-hybridized carbons (Fsp3) is 0.417. The molecule has 11 heteroatoms. The summed E-state index contributed by atoms with van der Waals surface area (Å²) in [7, 11) is 0. The second-order valence-electron chi connectivity index (χ2n) is 8.95. The van der Waals surface area contributed by atoms with E-state index in [4.69, 9.17) is 0 Å². The van der Waals surface area contributed by atoms with Crippen molar-refractivity contribution in [2.75, 3.05) is 0 Å². The van der Waals surface area contributed by atoms with Gasteiger partial charge in [-0.05, 0) is 74.5 Å². The Morgan fingerprint density at radius 3 is 2.34 bits per heavy atom. The van der Waals surface area contributed by atoms with Crippen molar-refractivity contribution >= 4 is 22.7 Å². The van der Waals surface area contributed by atoms with Gasteiger partial charge in [-0.1, -0.05) is 0 Å². The van der Waals surface area contributed by atoms with E-state index in [-0.39, 0.29) is 29.4 Å². The molecular weight excluding hydrogens is 477 g/mol. The molecule has 0 amide bonds. The van der Waals surface area contributed by atoms with Crippen LogP contribution in [0.25, 0.3) is 11.2 Å². The van der Waals surface area contributed by atoms with Gasteiger partial charge in [0.25, 0.3) is 5.56 Å². The number of aryl methyl sites for hydroxylation is 2. The fourth-order valence-corrected chi connectivity index (χ4v) is 5.61. The topological polar surface area (TPSA) is 86.5 Å². The number of aromatic nitrogens is 6. The van der Waals surface area contributed by atoms with E-state index in [9.17, 15) is 18.0 Å². The zero-order valence-electron chi connectivity index (χ0n) is 19.2. The van der Waals surface area contributed by atoms with Crippen molar-refractivity contribution in [1.82, 2.24) is 28.9 Å². The number of hydrogen-bond acceptors (Lipinski definition) is 7. The summed E-state index contributed by atoms with van der Waals surface area (Å²) in [4.78, 5) is 31.1. The lowest BCUT2D eigenvalue weighted by Gasteiger charge is -2.29. The molecule has 1 aliphatic rings. The Labute approximate surface area is 203 Å². The molecule has 4 aromatic heterocycles. The summed E-state index contributed by atoms with van der Waals surface area (Å²) in [6, 6.07) is 1.75. The van der Waals surface area contributed by atoms with Gasteiger partial charge in [0.2, 0.25) is 0 Å². The van der Waals surface area contributed by atoms with Crippen LogP contribution in [0.3, 0.4) is 0 Å². The molecule has 4 heterocycles. The summed E-state index contributed by atoms with van der Waals surface area (Å²) >= 11 is 1.50. The second-order valence-corrected chi connectivity index (χ2v) is 9.95. The van der Waals surface area contributed by atoms with Crippen LogP contribution in [-0.4, -0.2) is 28.9 Å². The minimum absolute atomic E-state index is 0.00616. The van der Waals surface area contributed by atoms with Gasteiger partial charge >= 0.3 is 6.18 Å². The molecule has 0 atom stereocenters. The predicted molar refractivity (Wildman–Crippen MR) is 125 cm³/mol. The largest absolute Gasteiger partial charge is 0.435 e. The Kier molecular flexibility index (Phi) is 6.12. The van der Waals surface area contributed by atoms with E-state index in [1.54, 1.807) is 19.2 Å². The van der Waals surface area contributed by atoms with Gasteiger partial charge in [0.15, 0.2) is 11.3 Å². The molecule has 0 bridgehead atoms. The zero-order valence-corrected chi connectivity index (χ0v) is 20.0. The van der Waals surface area contributed by atoms with E-state index in [2.05, 4.69) is 31.2 Å². The van der Waals surface area contributed by atoms with Gasteiger partial charge in [0.1, 0.15) is 5.52 Å². The molecule has 1 fully saturated rings. The van der Waals surface area contributed by atoms with E-state index in [1.165, 1.54) is 32.7 Å². The maximum atomic E-state index is 13.7. The SMILES string of the molecule is Cc1cnc2cc(C3CCC(c4cnsc4C)CC3)c(=O)n(Cc3nccnc3C(F)(F)F)c2n1. The molecular formula is C24H23F3N6OS. The monoisotopic (exact) mass is 500 g/mol. The van der Waals surface area contributed by atoms with Crippen LogP contribution in [0.2, 0.25) is 0 Å². The first-order valence-electron chi connectivity index (χ1n) is 11.4. The molecule has 0 N–H and O–H groups in total. The second kappa shape index (κ2) is 9.10. The average molecular weight is 501 g/mol. The summed E-state index contributed by atoms with van der Waals surface area (Å²) in [5, 5.41) is 0. The maximum Gasteiger partial charge on any atom is 0.435 e. The maximum absolute atomic E-state index is 13.7. The molecule has 0 saturated heterocycles. The van der Waals surface area contributed by atoms with Crippen molar-refractivity contribution in [1.29, 1.82) is 0 Å². The summed E-state index contributed by atoms with van der Waals surface area (Å²) in [6.07, 6.45) is 4.48. The fourth-order valence-electron chi connectivity index (χ4n) is 4.96. The van der Waals surface area contributed by atoms with Crippen LogP contribution < -0.4 is 5.56 Å². The third-order valence-corrected chi connectivity index (χ3v) is 7.41. The number of alkyl halides is 3. The van der Waals surface area contributed by atoms with E-state index in [0.717, 1.165) is 31.9 Å². The minimum atomic E-state index is -4.69. The highest BCUT2D eigenvalue weighted by Crippen LogP contribution is 2.41. The molecule has 4 aromatic rings. The van der Waals surface area contributed by atoms with Crippen LogP contribution >= 0.6 is 11.5 Å². The van der Waals surface area contributed by atoms with Crippen molar-refractivity contribution in [2.24, 2.45) is 0 Å². The number of halogens is 3. The summed E-state index contributed by atoms with van der Waals surface area (Å²) in [6.45, 7) is 3.41. The normalized spacial score (nSPS) is 18.8. The van der Waals surface area contributed by atoms with E-state index >= 15 is 0 Å². The van der Waals surface area contributed by atoms with Gasteiger partial charge in [-0.2, -0.15) is 13.2 Å². The van der Waals surface area contributed by atoms with Crippen molar-refractivity contribution in [3.8, 4) is 0 Å². The molecule has 7 nitrogen and oxygen atoms in total. The van der Waals surface area contributed by atoms with Crippen molar-refractivity contribution in [3.05, 3.63) is 74.3 Å². The quantitative estimate of drug-likeness (QED) is 0.385. The Morgan fingerprint density at radius 2 is 1.69 bits per heavy atom. The lowest BCUT2D eigenvalue weighted by molar-refractivity contribution is -0.142. The first-order valence-corrected chi connectivity index (χ1v) is 12.1. The van der Waals surface area contributed by atoms with Crippen molar-refractivity contribution < 1.29 is 13.2 Å². The highest BCUT2D eigenvalue weighted by Gasteiger charge is 2.36. The molecule has 0 radical (unpaired) electrons. The zero-order chi connectivity index (χ0) is 24.7. The third-order valence-electron chi connectivity index (χ3n) is 6.69. The number of fused-ring (bicyclic) bond motifs is 1. The molecule has 1 saturated carbocycles. The van der Waals surface area contributed by atoms with Gasteiger partial charge < -0.3 is 0 Å². The average Bonchev–Trinajstić information content (AvgIpc) is 3.26. The Hall–Kier alpha value is -3.21. The van der Waals surface area contributed by atoms with Crippen LogP contribution in [0.15, 0.2) is 35.6 Å². The summed E-state index contributed by atoms with van der Waals surface area (Å²) in [5.74, 6) is 0.400. The van der Waals surface area contributed by atoms with Crippen LogP contribution in [0.5, 0.6) is 0 Å². The smallest absolute Gasteiger partial charge is 0.285 e. The number of rotatable bonds is 4. The van der Waals surface area contributed by atoms with Crippen LogP contribution in [0.4, 0.5) is 13.2 Å². The van der Waals surface area contributed by atoms with E-state index < -0.39 is 11.9 Å². The van der Waals surface area contributed by atoms with E-state index in [1.807, 2.05) is 6.20 Å². The van der Waals surface area contributed by atoms with Gasteiger partial charge in [-0.3, -0.25) is 19.3 Å². The number of nitrogens with zero attached hydrogens (tertiary/aromatic N) is 6. The van der Waals surface area contributed by atoms with Gasteiger partial charge in [0, 0.05) is 35.2 Å². The van der Waals surface area contributed by atoms with Crippen molar-refractivity contribution in [3.63, 3.8) is 0 Å². The van der Waals surface area contributed by atoms with E-state index in [0.29, 0.717) is 22.7 Å². The van der Waals surface area contributed by atoms with Gasteiger partial charge in [0.05, 0.1) is 17.9 Å². The lowest BCUT2D eigenvalue weighted by Crippen LogP contribution is -2.29. The van der Waals surface area contributed by atoms with Crippen molar-refractivity contribution in [2.45, 2.75) is 64.1 Å². The standard InChI is InChI=1S/C24H23F3N6OS/c1-13-10-30-19-9-17(15-3-5-16(6-4-15)18-11-31-35-14(18)2)23(34)33(22(19)32-13)12-20-21(24(25,26)27)29-8-7-28-20/h7-11,15-16H,3-6,12H2,1-2H3. The van der Waals surface area contributed by atoms with Gasteiger partial charge in [-0.25, -0.2) is 14.3 Å². The molecule has 1 aliphatic carbocycles. The first-order chi connectivity index (χ1) is 16.7. The van der Waals surface area contributed by atoms with Crippen LogP contribution in [0.1, 0.15) is 70.6 Å². The Bertz CT molecular complexity index is 1440. The van der Waals surface area contributed by atoms with Crippen LogP contribution in [0, 0.1) is 13.8 Å². The van der Waals surface area contributed by atoms with Crippen LogP contribution in [-0.2, 0) is 12.7 Å². The third kappa shape index (κ3) is 4.56. The highest BCUT2D eigenvalue weighted by molar-refractivity contribution is 7.05. The molecule has 35 heavy (non-hydrogen) atoms. The summed E-state index contributed by atoms with van der Waals surface area (Å²) in [5.41, 5.74) is 1.33. The Balaban J connectivity index is 1.54. The number of hydrogen-bond donors (Lipinski definition) is 0. The van der Waals surface area contributed by atoms with Gasteiger partial charge in [-0.15, -0.1) is 0 Å². The molecule has 0 aromatic carbocycles. The molecule has 182 valence electrons. The lowest BCUT2D eigenvalue weighted by atomic mass is 9.76. The molecule has 5 rings (SSSR count). The minimum Gasteiger partial charge on any atom is -0.285 e. The predicted octanol–water partition coefficient (Wildman–Crippen LogP) is 5.16. The number of pyridine rings is 1. The first kappa shape index (κ1) is 23.5. The molecule has 0 spiro atoms. The Morgan fingerprint density at radius 1 is 1.00 bits per heavy atom. The molecule has 0 unspecified atom stereocenters. The summed E-state index contributed by atoms with van der Waals surface area (Å²) < 4.78 is 46.2.